The van der Waals surface area contributed by atoms with Crippen LogP contribution < -0.4 is 5.32 Å². The van der Waals surface area contributed by atoms with Crippen LogP contribution in [0.25, 0.3) is 0 Å². The van der Waals surface area contributed by atoms with Gasteiger partial charge in [0.05, 0.1) is 39.9 Å². The summed E-state index contributed by atoms with van der Waals surface area (Å²) >= 11 is 0. The normalized spacial score (nSPS) is 15.6. The Balaban J connectivity index is 4.30. The van der Waals surface area contributed by atoms with E-state index in [1.807, 2.05) is 34.1 Å². The van der Waals surface area contributed by atoms with Gasteiger partial charge in [-0.2, -0.15) is 0 Å². The van der Waals surface area contributed by atoms with Crippen LogP contribution in [0.15, 0.2) is 36.5 Å². The van der Waals surface area contributed by atoms with E-state index in [1.165, 1.54) is 32.1 Å². The number of hydrogen-bond acceptors (Lipinski definition) is 5. The molecule has 0 saturated carbocycles. The molecular formula is C32H62N2O6P+. The number of aliphatic hydroxyl groups excluding tert-OH is 1. The number of hydrogen-bond donors (Lipinski definition) is 3. The number of amides is 1. The van der Waals surface area contributed by atoms with Crippen LogP contribution in [-0.4, -0.2) is 73.4 Å². The highest BCUT2D eigenvalue weighted by Gasteiger charge is 2.27. The minimum absolute atomic E-state index is 0.0557. The van der Waals surface area contributed by atoms with Gasteiger partial charge in [-0.1, -0.05) is 95.2 Å². The largest absolute Gasteiger partial charge is 0.472 e. The van der Waals surface area contributed by atoms with Gasteiger partial charge in [-0.3, -0.25) is 13.8 Å². The van der Waals surface area contributed by atoms with Gasteiger partial charge in [-0.05, 0) is 44.9 Å². The smallest absolute Gasteiger partial charge is 0.387 e. The van der Waals surface area contributed by atoms with Gasteiger partial charge in [0, 0.05) is 6.42 Å². The average molecular weight is 602 g/mol. The first-order valence-corrected chi connectivity index (χ1v) is 17.4. The van der Waals surface area contributed by atoms with Crippen LogP contribution in [0.2, 0.25) is 0 Å². The summed E-state index contributed by atoms with van der Waals surface area (Å²) in [6.45, 7) is 4.52. The summed E-state index contributed by atoms with van der Waals surface area (Å²) in [5.74, 6) is -0.207. The van der Waals surface area contributed by atoms with Gasteiger partial charge >= 0.3 is 7.82 Å². The fourth-order valence-electron chi connectivity index (χ4n) is 3.96. The number of rotatable bonds is 27. The van der Waals surface area contributed by atoms with E-state index in [4.69, 9.17) is 9.05 Å². The Morgan fingerprint density at radius 3 is 2.05 bits per heavy atom. The summed E-state index contributed by atoms with van der Waals surface area (Å²) in [6.07, 6.45) is 27.1. The third kappa shape index (κ3) is 27.3. The number of carbonyl (C=O) groups is 1. The van der Waals surface area contributed by atoms with Gasteiger partial charge in [0.1, 0.15) is 13.2 Å². The van der Waals surface area contributed by atoms with E-state index < -0.39 is 20.0 Å². The highest BCUT2D eigenvalue weighted by molar-refractivity contribution is 7.47. The number of quaternary nitrogens is 1. The summed E-state index contributed by atoms with van der Waals surface area (Å²) in [5, 5.41) is 13.3. The Hall–Kier alpha value is -1.28. The first-order chi connectivity index (χ1) is 19.5. The summed E-state index contributed by atoms with van der Waals surface area (Å²) in [6, 6.07) is -0.847. The zero-order chi connectivity index (χ0) is 30.8. The molecule has 3 N–H and O–H groups in total. The Bertz CT molecular complexity index is 779. The zero-order valence-electron chi connectivity index (χ0n) is 26.8. The topological polar surface area (TPSA) is 105 Å². The van der Waals surface area contributed by atoms with Crippen molar-refractivity contribution in [1.82, 2.24) is 5.32 Å². The van der Waals surface area contributed by atoms with E-state index >= 15 is 0 Å². The Morgan fingerprint density at radius 2 is 1.44 bits per heavy atom. The molecule has 8 nitrogen and oxygen atoms in total. The number of unbranched alkanes of at least 4 members (excludes halogenated alkanes) is 10. The Kier molecular flexibility index (Phi) is 24.5. The van der Waals surface area contributed by atoms with Crippen LogP contribution in [0.3, 0.4) is 0 Å². The SMILES string of the molecule is CCC/C=C/C(O)C(COP(=O)(O)OCC[N+](C)(C)C)NC(=O)CCCCCCC/C=C\C/C=C\CCCCCC. The monoisotopic (exact) mass is 601 g/mol. The molecule has 0 aromatic carbocycles. The summed E-state index contributed by atoms with van der Waals surface area (Å²) in [5.41, 5.74) is 0. The van der Waals surface area contributed by atoms with Crippen molar-refractivity contribution in [3.63, 3.8) is 0 Å². The van der Waals surface area contributed by atoms with E-state index in [0.29, 0.717) is 17.4 Å². The third-order valence-electron chi connectivity index (χ3n) is 6.59. The minimum atomic E-state index is -4.31. The number of allylic oxidation sites excluding steroid dienone is 5. The summed E-state index contributed by atoms with van der Waals surface area (Å²) < 4.78 is 23.1. The van der Waals surface area contributed by atoms with Crippen LogP contribution in [0, 0.1) is 0 Å². The number of phosphoric ester groups is 1. The fourth-order valence-corrected chi connectivity index (χ4v) is 4.69. The molecule has 0 aliphatic carbocycles. The van der Waals surface area contributed by atoms with Crippen LogP contribution in [0.4, 0.5) is 0 Å². The molecule has 0 aliphatic rings. The number of aliphatic hydroxyl groups is 1. The molecule has 41 heavy (non-hydrogen) atoms. The van der Waals surface area contributed by atoms with Crippen molar-refractivity contribution in [2.45, 2.75) is 122 Å². The number of likely N-dealkylation sites (N-methyl/N-ethyl adjacent to an activating group) is 1. The van der Waals surface area contributed by atoms with Gasteiger partial charge in [0.25, 0.3) is 0 Å². The lowest BCUT2D eigenvalue weighted by atomic mass is 10.1. The third-order valence-corrected chi connectivity index (χ3v) is 7.57. The lowest BCUT2D eigenvalue weighted by molar-refractivity contribution is -0.870. The molecule has 0 rings (SSSR count). The number of nitrogens with zero attached hydrogens (tertiary/aromatic N) is 1. The quantitative estimate of drug-likeness (QED) is 0.0397. The highest BCUT2D eigenvalue weighted by Crippen LogP contribution is 2.43. The van der Waals surface area contributed by atoms with Crippen molar-refractivity contribution >= 4 is 13.7 Å². The number of phosphoric acid groups is 1. The van der Waals surface area contributed by atoms with Gasteiger partial charge in [-0.15, -0.1) is 0 Å². The van der Waals surface area contributed by atoms with E-state index in [-0.39, 0.29) is 19.1 Å². The van der Waals surface area contributed by atoms with Gasteiger partial charge in [-0.25, -0.2) is 4.57 Å². The van der Waals surface area contributed by atoms with E-state index in [2.05, 4.69) is 36.5 Å². The first kappa shape index (κ1) is 39.7. The maximum Gasteiger partial charge on any atom is 0.472 e. The molecule has 0 saturated heterocycles. The van der Waals surface area contributed by atoms with Gasteiger partial charge in [0.15, 0.2) is 0 Å². The van der Waals surface area contributed by atoms with Crippen molar-refractivity contribution in [3.8, 4) is 0 Å². The van der Waals surface area contributed by atoms with Crippen LogP contribution in [0.1, 0.15) is 110 Å². The Labute approximate surface area is 251 Å². The van der Waals surface area contributed by atoms with Crippen LogP contribution in [0.5, 0.6) is 0 Å². The second kappa shape index (κ2) is 25.2. The van der Waals surface area contributed by atoms with Crippen molar-refractivity contribution in [3.05, 3.63) is 36.5 Å². The first-order valence-electron chi connectivity index (χ1n) is 15.9. The molecule has 0 heterocycles. The van der Waals surface area contributed by atoms with Gasteiger partial charge in [0.2, 0.25) is 5.91 Å². The van der Waals surface area contributed by atoms with Crippen molar-refractivity contribution in [1.29, 1.82) is 0 Å². The molecule has 0 fully saturated rings. The zero-order valence-corrected chi connectivity index (χ0v) is 27.7. The van der Waals surface area contributed by atoms with Gasteiger partial charge < -0.3 is 19.8 Å². The molecule has 3 atom stereocenters. The highest BCUT2D eigenvalue weighted by atomic mass is 31.2. The van der Waals surface area contributed by atoms with E-state index in [9.17, 15) is 19.4 Å². The molecule has 0 radical (unpaired) electrons. The molecule has 0 aromatic heterocycles. The molecule has 1 amide bonds. The standard InChI is InChI=1S/C32H61N2O6P/c1-6-8-10-11-12-13-14-15-16-17-18-19-20-21-22-24-26-32(36)33-30(31(35)25-23-9-7-2)29-40-41(37,38)39-28-27-34(3,4)5/h13-14,16-17,23,25,30-31,35H,6-12,15,18-22,24,26-29H2,1-5H3,(H-,33,36,37,38)/p+1/b14-13-,17-16-,25-23+. The second-order valence-corrected chi connectivity index (χ2v) is 13.3. The van der Waals surface area contributed by atoms with Crippen molar-refractivity contribution < 1.29 is 32.9 Å². The second-order valence-electron chi connectivity index (χ2n) is 11.8. The molecule has 9 heteroatoms. The maximum atomic E-state index is 12.6. The predicted molar refractivity (Wildman–Crippen MR) is 171 cm³/mol. The number of nitrogens with one attached hydrogen (secondary N) is 1. The lowest BCUT2D eigenvalue weighted by Gasteiger charge is -2.25. The maximum absolute atomic E-state index is 12.6. The Morgan fingerprint density at radius 1 is 0.829 bits per heavy atom. The minimum Gasteiger partial charge on any atom is -0.387 e. The van der Waals surface area contributed by atoms with Crippen LogP contribution in [-0.2, 0) is 18.4 Å². The molecular weight excluding hydrogens is 539 g/mol. The lowest BCUT2D eigenvalue weighted by Crippen LogP contribution is -2.45. The van der Waals surface area contributed by atoms with Crippen LogP contribution >= 0.6 is 7.82 Å². The summed E-state index contributed by atoms with van der Waals surface area (Å²) in [4.78, 5) is 22.6. The fraction of sp³-hybridized carbons (Fsp3) is 0.781. The molecule has 0 aliphatic heterocycles. The van der Waals surface area contributed by atoms with Crippen molar-refractivity contribution in [2.24, 2.45) is 0 Å². The summed E-state index contributed by atoms with van der Waals surface area (Å²) in [7, 11) is 1.54. The van der Waals surface area contributed by atoms with Crippen molar-refractivity contribution in [2.75, 3.05) is 40.9 Å². The molecule has 0 aromatic rings. The molecule has 240 valence electrons. The van der Waals surface area contributed by atoms with E-state index in [1.54, 1.807) is 6.08 Å². The average Bonchev–Trinajstić information content (AvgIpc) is 2.90. The molecule has 0 bridgehead atoms. The predicted octanol–water partition coefficient (Wildman–Crippen LogP) is 7.23. The number of carbonyl (C=O) groups excluding carboxylic acids is 1. The molecule has 3 unspecified atom stereocenters. The van der Waals surface area contributed by atoms with E-state index in [0.717, 1.165) is 57.8 Å². The molecule has 0 spiro atoms.